The quantitative estimate of drug-likeness (QED) is 0.845. The lowest BCUT2D eigenvalue weighted by atomic mass is 10.2. The number of hydrogen-bond acceptors (Lipinski definition) is 5. The third-order valence-electron chi connectivity index (χ3n) is 2.21. The minimum absolute atomic E-state index is 0.315. The summed E-state index contributed by atoms with van der Waals surface area (Å²) in [6, 6.07) is 5.62. The molecule has 7 nitrogen and oxygen atoms in total. The molecule has 0 fully saturated rings. The molecule has 1 aromatic heterocycles. The zero-order chi connectivity index (χ0) is 12.1. The standard InChI is InChI=1S/C10H12N5O2/c1-16-8-5-3-4-7(9(8)17-2)6-11-10-12-14-15-13-10/h3-5H,6H2,1-2H3,(H-,11,12,13,14,15)/q-1. The minimum atomic E-state index is 0.315. The van der Waals surface area contributed by atoms with Crippen molar-refractivity contribution in [2.24, 2.45) is 0 Å². The maximum atomic E-state index is 5.29. The Morgan fingerprint density at radius 2 is 2.18 bits per heavy atom. The van der Waals surface area contributed by atoms with Crippen molar-refractivity contribution in [3.63, 3.8) is 0 Å². The molecule has 0 aliphatic carbocycles. The molecule has 0 saturated heterocycles. The molecule has 0 saturated carbocycles. The van der Waals surface area contributed by atoms with Crippen LogP contribution >= 0.6 is 0 Å². The van der Waals surface area contributed by atoms with Crippen LogP contribution in [0.3, 0.4) is 0 Å². The third kappa shape index (κ3) is 2.44. The van der Waals surface area contributed by atoms with E-state index in [2.05, 4.69) is 25.9 Å². The van der Waals surface area contributed by atoms with Crippen LogP contribution in [0.1, 0.15) is 5.56 Å². The highest BCUT2D eigenvalue weighted by atomic mass is 16.5. The van der Waals surface area contributed by atoms with E-state index in [4.69, 9.17) is 9.47 Å². The van der Waals surface area contributed by atoms with Gasteiger partial charge in [-0.1, -0.05) is 12.1 Å². The lowest BCUT2D eigenvalue weighted by Crippen LogP contribution is -1.95. The first-order valence-electron chi connectivity index (χ1n) is 4.96. The van der Waals surface area contributed by atoms with Gasteiger partial charge in [0.25, 0.3) is 0 Å². The molecule has 1 aromatic carbocycles. The van der Waals surface area contributed by atoms with Gasteiger partial charge in [-0.2, -0.15) is 0 Å². The molecule has 0 amide bonds. The number of nitrogens with one attached hydrogen (secondary N) is 1. The summed E-state index contributed by atoms with van der Waals surface area (Å²) >= 11 is 0. The van der Waals surface area contributed by atoms with E-state index in [1.165, 1.54) is 0 Å². The van der Waals surface area contributed by atoms with E-state index < -0.39 is 0 Å². The van der Waals surface area contributed by atoms with Crippen molar-refractivity contribution < 1.29 is 9.47 Å². The summed E-state index contributed by atoms with van der Waals surface area (Å²) < 4.78 is 10.5. The highest BCUT2D eigenvalue weighted by molar-refractivity contribution is 5.48. The first-order chi connectivity index (χ1) is 8.35. The summed E-state index contributed by atoms with van der Waals surface area (Å²) in [6.07, 6.45) is 0. The van der Waals surface area contributed by atoms with E-state index in [1.807, 2.05) is 18.2 Å². The fourth-order valence-electron chi connectivity index (χ4n) is 1.46. The second kappa shape index (κ2) is 5.15. The van der Waals surface area contributed by atoms with Crippen LogP contribution in [-0.4, -0.2) is 34.8 Å². The number of benzene rings is 1. The molecule has 0 spiro atoms. The molecule has 0 atom stereocenters. The average Bonchev–Trinajstić information content (AvgIpc) is 2.88. The fourth-order valence-corrected chi connectivity index (χ4v) is 1.46. The van der Waals surface area contributed by atoms with Gasteiger partial charge in [-0.15, -0.1) is 5.21 Å². The molecule has 1 heterocycles. The third-order valence-corrected chi connectivity index (χ3v) is 2.21. The normalized spacial score (nSPS) is 10.0. The highest BCUT2D eigenvalue weighted by Crippen LogP contribution is 2.32. The Kier molecular flexibility index (Phi) is 3.39. The molecule has 0 unspecified atom stereocenters. The van der Waals surface area contributed by atoms with Crippen LogP contribution in [0.2, 0.25) is 0 Å². The van der Waals surface area contributed by atoms with Crippen molar-refractivity contribution >= 4 is 5.95 Å². The topological polar surface area (TPSA) is 87.0 Å². The van der Waals surface area contributed by atoms with Crippen LogP contribution in [0, 0.1) is 0 Å². The van der Waals surface area contributed by atoms with E-state index in [0.29, 0.717) is 24.0 Å². The molecule has 0 bridgehead atoms. The smallest absolute Gasteiger partial charge is 0.164 e. The summed E-state index contributed by atoms with van der Waals surface area (Å²) in [5.74, 6) is 1.66. The molecular weight excluding hydrogens is 222 g/mol. The van der Waals surface area contributed by atoms with Gasteiger partial charge < -0.3 is 14.8 Å². The SMILES string of the molecule is COc1cccc(C[N-]c2nn[nH]n2)c1OC. The molecule has 2 aromatic rings. The minimum Gasteiger partial charge on any atom is -0.493 e. The summed E-state index contributed by atoms with van der Waals surface area (Å²) in [5, 5.41) is 17.4. The average molecular weight is 234 g/mol. The monoisotopic (exact) mass is 234 g/mol. The number of aromatic amines is 1. The molecule has 2 rings (SSSR count). The van der Waals surface area contributed by atoms with Gasteiger partial charge in [-0.25, -0.2) is 0 Å². The second-order valence-electron chi connectivity index (χ2n) is 3.18. The summed E-state index contributed by atoms with van der Waals surface area (Å²) in [5.41, 5.74) is 0.900. The van der Waals surface area contributed by atoms with Gasteiger partial charge in [0.05, 0.1) is 20.2 Å². The van der Waals surface area contributed by atoms with E-state index in [0.717, 1.165) is 5.56 Å². The van der Waals surface area contributed by atoms with Crippen molar-refractivity contribution in [3.05, 3.63) is 29.1 Å². The summed E-state index contributed by atoms with van der Waals surface area (Å²) in [4.78, 5) is 0. The van der Waals surface area contributed by atoms with Crippen molar-refractivity contribution in [2.75, 3.05) is 14.2 Å². The molecule has 0 radical (unpaired) electrons. The number of H-pyrrole nitrogens is 1. The Hall–Kier alpha value is -2.31. The van der Waals surface area contributed by atoms with Crippen LogP contribution in [-0.2, 0) is 6.54 Å². The van der Waals surface area contributed by atoms with Gasteiger partial charge >= 0.3 is 0 Å². The first kappa shape index (κ1) is 11.2. The Morgan fingerprint density at radius 1 is 1.29 bits per heavy atom. The number of rotatable bonds is 5. The number of ether oxygens (including phenoxy) is 2. The molecule has 17 heavy (non-hydrogen) atoms. The Bertz CT molecular complexity index is 472. The van der Waals surface area contributed by atoms with Crippen molar-refractivity contribution in [1.29, 1.82) is 0 Å². The molecule has 1 N–H and O–H groups in total. The van der Waals surface area contributed by atoms with Gasteiger partial charge in [0, 0.05) is 12.1 Å². The van der Waals surface area contributed by atoms with E-state index in [9.17, 15) is 0 Å². The second-order valence-corrected chi connectivity index (χ2v) is 3.18. The van der Waals surface area contributed by atoms with Gasteiger partial charge in [0.1, 0.15) is 0 Å². The van der Waals surface area contributed by atoms with Gasteiger partial charge in [0.15, 0.2) is 11.5 Å². The Balaban J connectivity index is 2.14. The molecule has 7 heteroatoms. The number of nitrogens with zero attached hydrogens (tertiary/aromatic N) is 4. The number of aromatic nitrogens is 4. The predicted molar refractivity (Wildman–Crippen MR) is 60.4 cm³/mol. The summed E-state index contributed by atoms with van der Waals surface area (Å²) in [7, 11) is 3.19. The largest absolute Gasteiger partial charge is 0.493 e. The molecule has 0 aliphatic heterocycles. The van der Waals surface area contributed by atoms with Crippen LogP contribution in [0.15, 0.2) is 18.2 Å². The lowest BCUT2D eigenvalue weighted by Gasteiger charge is -2.14. The van der Waals surface area contributed by atoms with Gasteiger partial charge in [0.2, 0.25) is 0 Å². The van der Waals surface area contributed by atoms with E-state index in [1.54, 1.807) is 14.2 Å². The number of para-hydroxylation sites is 1. The molecule has 0 aliphatic rings. The predicted octanol–water partition coefficient (Wildman–Crippen LogP) is 1.42. The maximum absolute atomic E-state index is 5.29. The van der Waals surface area contributed by atoms with Crippen molar-refractivity contribution in [3.8, 4) is 11.5 Å². The first-order valence-corrected chi connectivity index (χ1v) is 4.96. The summed E-state index contributed by atoms with van der Waals surface area (Å²) in [6.45, 7) is 0.403. The van der Waals surface area contributed by atoms with Crippen LogP contribution in [0.5, 0.6) is 11.5 Å². The van der Waals surface area contributed by atoms with Crippen molar-refractivity contribution in [2.45, 2.75) is 6.54 Å². The Morgan fingerprint density at radius 3 is 2.82 bits per heavy atom. The fraction of sp³-hybridized carbons (Fsp3) is 0.300. The van der Waals surface area contributed by atoms with Crippen LogP contribution in [0.25, 0.3) is 5.32 Å². The van der Waals surface area contributed by atoms with Gasteiger partial charge in [-0.05, 0) is 6.07 Å². The van der Waals surface area contributed by atoms with Crippen molar-refractivity contribution in [1.82, 2.24) is 20.6 Å². The molecular formula is C10H12N5O2-. The zero-order valence-corrected chi connectivity index (χ0v) is 9.54. The maximum Gasteiger partial charge on any atom is 0.164 e. The Labute approximate surface area is 98.1 Å². The number of methoxy groups -OCH3 is 2. The lowest BCUT2D eigenvalue weighted by molar-refractivity contribution is 0.352. The number of hydrogen-bond donors (Lipinski definition) is 1. The zero-order valence-electron chi connectivity index (χ0n) is 9.54. The van der Waals surface area contributed by atoms with E-state index in [-0.39, 0.29) is 0 Å². The van der Waals surface area contributed by atoms with Crippen LogP contribution in [0.4, 0.5) is 5.95 Å². The highest BCUT2D eigenvalue weighted by Gasteiger charge is 2.07. The number of tetrazole rings is 1. The van der Waals surface area contributed by atoms with Gasteiger partial charge in [-0.3, -0.25) is 15.4 Å². The van der Waals surface area contributed by atoms with Crippen LogP contribution < -0.4 is 9.47 Å². The van der Waals surface area contributed by atoms with E-state index >= 15 is 0 Å². The molecule has 90 valence electrons.